The second-order valence-electron chi connectivity index (χ2n) is 3.76. The van der Waals surface area contributed by atoms with Crippen molar-refractivity contribution >= 4 is 41.5 Å². The Labute approximate surface area is 124 Å². The fourth-order valence-electron chi connectivity index (χ4n) is 1.41. The molecule has 8 heteroatoms. The maximum atomic E-state index is 8.84. The SMILES string of the molecule is N#Cc1nc(=S)n(/N=C/c2ccc(Cl)cc2)c(N)c1N. The molecular weight excluding hydrogens is 296 g/mol. The standard InChI is InChI=1S/C12H9ClN6S/c13-8-3-1-7(2-4-8)6-17-19-11(16)10(15)9(5-14)18-12(19)20/h1-4,6H,15-16H2/b17-6+. The van der Waals surface area contributed by atoms with Gasteiger partial charge in [-0.2, -0.15) is 15.0 Å². The molecule has 0 atom stereocenters. The van der Waals surface area contributed by atoms with Crippen LogP contribution in [0.4, 0.5) is 11.5 Å². The number of aromatic nitrogens is 2. The number of hydrogen-bond donors (Lipinski definition) is 2. The van der Waals surface area contributed by atoms with Crippen LogP contribution in [0, 0.1) is 16.1 Å². The number of hydrogen-bond acceptors (Lipinski definition) is 6. The number of anilines is 2. The van der Waals surface area contributed by atoms with E-state index in [1.807, 2.05) is 6.07 Å². The summed E-state index contributed by atoms with van der Waals surface area (Å²) >= 11 is 10.8. The topological polar surface area (TPSA) is 106 Å². The zero-order valence-electron chi connectivity index (χ0n) is 10.1. The molecule has 0 bridgehead atoms. The number of nitrogen functional groups attached to an aromatic ring is 2. The van der Waals surface area contributed by atoms with Gasteiger partial charge in [0.2, 0.25) is 4.77 Å². The number of halogens is 1. The lowest BCUT2D eigenvalue weighted by atomic mass is 10.2. The first-order valence-electron chi connectivity index (χ1n) is 5.41. The highest BCUT2D eigenvalue weighted by Gasteiger charge is 2.09. The van der Waals surface area contributed by atoms with Crippen molar-refractivity contribution in [2.24, 2.45) is 5.10 Å². The van der Waals surface area contributed by atoms with Crippen molar-refractivity contribution in [3.63, 3.8) is 0 Å². The lowest BCUT2D eigenvalue weighted by Crippen LogP contribution is -2.10. The van der Waals surface area contributed by atoms with Crippen LogP contribution >= 0.6 is 23.8 Å². The van der Waals surface area contributed by atoms with Gasteiger partial charge in [0.25, 0.3) is 0 Å². The first-order chi connectivity index (χ1) is 9.52. The highest BCUT2D eigenvalue weighted by molar-refractivity contribution is 7.71. The van der Waals surface area contributed by atoms with E-state index in [1.165, 1.54) is 10.9 Å². The van der Waals surface area contributed by atoms with Gasteiger partial charge in [0.15, 0.2) is 11.5 Å². The molecule has 1 aromatic heterocycles. The number of rotatable bonds is 2. The lowest BCUT2D eigenvalue weighted by Gasteiger charge is -2.07. The third kappa shape index (κ3) is 2.77. The Balaban J connectivity index is 2.45. The molecule has 4 N–H and O–H groups in total. The van der Waals surface area contributed by atoms with Crippen LogP contribution in [-0.2, 0) is 0 Å². The Morgan fingerprint density at radius 2 is 2.00 bits per heavy atom. The Hall–Kier alpha value is -2.43. The van der Waals surface area contributed by atoms with E-state index < -0.39 is 0 Å². The second-order valence-corrected chi connectivity index (χ2v) is 4.56. The van der Waals surface area contributed by atoms with E-state index in [4.69, 9.17) is 40.5 Å². The van der Waals surface area contributed by atoms with Gasteiger partial charge in [-0.15, -0.1) is 0 Å². The molecule has 0 spiro atoms. The summed E-state index contributed by atoms with van der Waals surface area (Å²) in [6.45, 7) is 0. The summed E-state index contributed by atoms with van der Waals surface area (Å²) in [5, 5.41) is 13.6. The Morgan fingerprint density at radius 1 is 1.35 bits per heavy atom. The van der Waals surface area contributed by atoms with Crippen LogP contribution in [0.15, 0.2) is 29.4 Å². The van der Waals surface area contributed by atoms with Gasteiger partial charge in [-0.25, -0.2) is 4.98 Å². The summed E-state index contributed by atoms with van der Waals surface area (Å²) in [6.07, 6.45) is 1.54. The first-order valence-corrected chi connectivity index (χ1v) is 6.19. The van der Waals surface area contributed by atoms with Crippen LogP contribution in [0.2, 0.25) is 5.02 Å². The molecule has 0 saturated heterocycles. The number of nitrogens with zero attached hydrogens (tertiary/aromatic N) is 4. The molecule has 100 valence electrons. The minimum Gasteiger partial charge on any atom is -0.393 e. The van der Waals surface area contributed by atoms with Gasteiger partial charge in [0, 0.05) is 5.02 Å². The largest absolute Gasteiger partial charge is 0.393 e. The fourth-order valence-corrected chi connectivity index (χ4v) is 1.77. The summed E-state index contributed by atoms with van der Waals surface area (Å²) in [5.41, 5.74) is 12.3. The molecule has 0 aliphatic rings. The maximum Gasteiger partial charge on any atom is 0.223 e. The van der Waals surface area contributed by atoms with Gasteiger partial charge in [-0.05, 0) is 29.9 Å². The number of benzene rings is 1. The predicted octanol–water partition coefficient (Wildman–Crippen LogP) is 2.18. The summed E-state index contributed by atoms with van der Waals surface area (Å²) in [4.78, 5) is 3.86. The number of nitriles is 1. The van der Waals surface area contributed by atoms with Crippen molar-refractivity contribution in [3.8, 4) is 6.07 Å². The van der Waals surface area contributed by atoms with Gasteiger partial charge in [-0.3, -0.25) is 0 Å². The van der Waals surface area contributed by atoms with Crippen LogP contribution in [0.1, 0.15) is 11.3 Å². The maximum absolute atomic E-state index is 8.84. The molecule has 6 nitrogen and oxygen atoms in total. The highest BCUT2D eigenvalue weighted by Crippen LogP contribution is 2.17. The van der Waals surface area contributed by atoms with E-state index in [1.54, 1.807) is 24.3 Å². The Morgan fingerprint density at radius 3 is 2.60 bits per heavy atom. The van der Waals surface area contributed by atoms with Crippen molar-refractivity contribution in [1.29, 1.82) is 5.26 Å². The van der Waals surface area contributed by atoms with E-state index in [0.29, 0.717) is 5.02 Å². The Bertz CT molecular complexity index is 772. The van der Waals surface area contributed by atoms with Crippen LogP contribution in [-0.4, -0.2) is 15.9 Å². The Kier molecular flexibility index (Phi) is 3.98. The molecule has 0 amide bonds. The fraction of sp³-hybridized carbons (Fsp3) is 0. The van der Waals surface area contributed by atoms with Gasteiger partial charge in [0.05, 0.1) is 6.21 Å². The average molecular weight is 305 g/mol. The van der Waals surface area contributed by atoms with Crippen molar-refractivity contribution in [2.75, 3.05) is 11.5 Å². The third-order valence-corrected chi connectivity index (χ3v) is 2.96. The molecule has 2 aromatic rings. The van der Waals surface area contributed by atoms with Crippen LogP contribution in [0.25, 0.3) is 0 Å². The van der Waals surface area contributed by atoms with Crippen LogP contribution < -0.4 is 11.5 Å². The van der Waals surface area contributed by atoms with E-state index in [2.05, 4.69) is 10.1 Å². The molecule has 0 fully saturated rings. The molecule has 0 saturated carbocycles. The van der Waals surface area contributed by atoms with E-state index in [0.717, 1.165) is 5.56 Å². The minimum atomic E-state index is -0.00885. The second kappa shape index (κ2) is 5.69. The van der Waals surface area contributed by atoms with Gasteiger partial charge in [-0.1, -0.05) is 23.7 Å². The predicted molar refractivity (Wildman–Crippen MR) is 81.0 cm³/mol. The summed E-state index contributed by atoms with van der Waals surface area (Å²) in [6, 6.07) is 8.86. The smallest absolute Gasteiger partial charge is 0.223 e. The summed E-state index contributed by atoms with van der Waals surface area (Å²) in [5.74, 6) is 0.0757. The zero-order valence-corrected chi connectivity index (χ0v) is 11.7. The molecule has 0 radical (unpaired) electrons. The molecule has 0 aliphatic heterocycles. The lowest BCUT2D eigenvalue weighted by molar-refractivity contribution is 0.831. The monoisotopic (exact) mass is 304 g/mol. The first kappa shape index (κ1) is 14.0. The van der Waals surface area contributed by atoms with Gasteiger partial charge >= 0.3 is 0 Å². The van der Waals surface area contributed by atoms with Gasteiger partial charge in [0.1, 0.15) is 11.8 Å². The van der Waals surface area contributed by atoms with E-state index in [-0.39, 0.29) is 22.0 Å². The highest BCUT2D eigenvalue weighted by atomic mass is 35.5. The van der Waals surface area contributed by atoms with Crippen molar-refractivity contribution in [1.82, 2.24) is 9.66 Å². The van der Waals surface area contributed by atoms with Crippen molar-refractivity contribution < 1.29 is 0 Å². The molecule has 1 aromatic carbocycles. The zero-order chi connectivity index (χ0) is 14.7. The summed E-state index contributed by atoms with van der Waals surface area (Å²) in [7, 11) is 0. The average Bonchev–Trinajstić information content (AvgIpc) is 2.44. The van der Waals surface area contributed by atoms with Crippen molar-refractivity contribution in [2.45, 2.75) is 0 Å². The minimum absolute atomic E-state index is 0.00885. The van der Waals surface area contributed by atoms with E-state index in [9.17, 15) is 0 Å². The molecular formula is C12H9ClN6S. The van der Waals surface area contributed by atoms with Crippen LogP contribution in [0.3, 0.4) is 0 Å². The molecule has 2 rings (SSSR count). The quantitative estimate of drug-likeness (QED) is 0.653. The van der Waals surface area contributed by atoms with Crippen molar-refractivity contribution in [3.05, 3.63) is 45.3 Å². The van der Waals surface area contributed by atoms with Gasteiger partial charge < -0.3 is 11.5 Å². The molecule has 20 heavy (non-hydrogen) atoms. The van der Waals surface area contributed by atoms with Crippen LogP contribution in [0.5, 0.6) is 0 Å². The normalized spacial score (nSPS) is 10.6. The summed E-state index contributed by atoms with van der Waals surface area (Å²) < 4.78 is 1.25. The number of nitrogens with two attached hydrogens (primary N) is 2. The molecule has 0 aliphatic carbocycles. The third-order valence-electron chi connectivity index (χ3n) is 2.45. The molecule has 0 unspecified atom stereocenters. The molecule has 1 heterocycles. The van der Waals surface area contributed by atoms with E-state index >= 15 is 0 Å².